The Hall–Kier alpha value is -0.780. The Kier molecular flexibility index (Phi) is 7.58. The molecule has 0 nitrogen and oxygen atoms in total. The van der Waals surface area contributed by atoms with Gasteiger partial charge in [0.1, 0.15) is 0 Å². The second-order valence-electron chi connectivity index (χ2n) is 2.01. The monoisotopic (exact) mass is 135 g/mol. The maximum Gasteiger partial charge on any atom is -0.0533 e. The van der Waals surface area contributed by atoms with Crippen LogP contribution < -0.4 is 0 Å². The highest BCUT2D eigenvalue weighted by molar-refractivity contribution is 4.99. The van der Waals surface area contributed by atoms with Crippen molar-refractivity contribution in [2.24, 2.45) is 0 Å². The molecule has 1 aromatic rings. The molecule has 1 aromatic carbocycles. The molecule has 0 saturated carbocycles. The standard InChI is InChI=1S/C6H6.C4H9/c1-2-4-6-5-3-1;1-3-4-2/h1-6H;1,3-4H2,2H3. The molecule has 0 aromatic heterocycles. The van der Waals surface area contributed by atoms with Crippen molar-refractivity contribution < 1.29 is 0 Å². The Labute approximate surface area is 63.9 Å². The highest BCUT2D eigenvalue weighted by Crippen LogP contribution is 1.79. The number of hydrogen-bond acceptors (Lipinski definition) is 0. The summed E-state index contributed by atoms with van der Waals surface area (Å²) in [6, 6.07) is 12.0. The van der Waals surface area contributed by atoms with Crippen molar-refractivity contribution in [1.82, 2.24) is 0 Å². The van der Waals surface area contributed by atoms with Crippen molar-refractivity contribution in [3.8, 4) is 0 Å². The van der Waals surface area contributed by atoms with Gasteiger partial charge in [0.25, 0.3) is 0 Å². The van der Waals surface area contributed by atoms with E-state index in [-0.39, 0.29) is 0 Å². The van der Waals surface area contributed by atoms with Gasteiger partial charge >= 0.3 is 0 Å². The molecule has 0 amide bonds. The first kappa shape index (κ1) is 9.22. The van der Waals surface area contributed by atoms with Gasteiger partial charge in [0, 0.05) is 0 Å². The Bertz CT molecular complexity index is 92.0. The molecule has 55 valence electrons. The van der Waals surface area contributed by atoms with Crippen LogP contribution in [0.15, 0.2) is 36.4 Å². The summed E-state index contributed by atoms with van der Waals surface area (Å²) in [5, 5.41) is 0. The van der Waals surface area contributed by atoms with E-state index in [2.05, 4.69) is 13.8 Å². The summed E-state index contributed by atoms with van der Waals surface area (Å²) < 4.78 is 0. The Morgan fingerprint density at radius 1 is 0.900 bits per heavy atom. The second-order valence-corrected chi connectivity index (χ2v) is 2.01. The van der Waals surface area contributed by atoms with Crippen LogP contribution in [-0.4, -0.2) is 0 Å². The second kappa shape index (κ2) is 8.22. The third-order valence-electron chi connectivity index (χ3n) is 1.02. The molecule has 0 N–H and O–H groups in total. The van der Waals surface area contributed by atoms with Crippen LogP contribution in [0.1, 0.15) is 19.8 Å². The van der Waals surface area contributed by atoms with E-state index < -0.39 is 0 Å². The third-order valence-corrected chi connectivity index (χ3v) is 1.02. The fourth-order valence-corrected chi connectivity index (χ4v) is 0.385. The summed E-state index contributed by atoms with van der Waals surface area (Å²) in [5.41, 5.74) is 0. The largest absolute Gasteiger partial charge is 0.0654 e. The molecule has 0 aliphatic rings. The molecule has 1 radical (unpaired) electrons. The van der Waals surface area contributed by atoms with Crippen LogP contribution in [0, 0.1) is 6.92 Å². The first-order valence-corrected chi connectivity index (χ1v) is 3.71. The number of rotatable bonds is 1. The highest BCUT2D eigenvalue weighted by Gasteiger charge is 1.58. The maximum absolute atomic E-state index is 3.60. The van der Waals surface area contributed by atoms with E-state index in [1.54, 1.807) is 0 Å². The lowest BCUT2D eigenvalue weighted by molar-refractivity contribution is 0.956. The van der Waals surface area contributed by atoms with E-state index in [4.69, 9.17) is 0 Å². The van der Waals surface area contributed by atoms with Gasteiger partial charge in [0.05, 0.1) is 0 Å². The predicted molar refractivity (Wildman–Crippen MR) is 46.7 cm³/mol. The summed E-state index contributed by atoms with van der Waals surface area (Å²) in [5.74, 6) is 0. The lowest BCUT2D eigenvalue weighted by Crippen LogP contribution is -1.48. The van der Waals surface area contributed by atoms with Crippen LogP contribution in [0.5, 0.6) is 0 Å². The van der Waals surface area contributed by atoms with Crippen molar-refractivity contribution >= 4 is 0 Å². The average Bonchev–Trinajstić information content (AvgIpc) is 2.08. The third kappa shape index (κ3) is 7.22. The highest BCUT2D eigenvalue weighted by atomic mass is 13.6. The van der Waals surface area contributed by atoms with Gasteiger partial charge in [-0.3, -0.25) is 0 Å². The van der Waals surface area contributed by atoms with Crippen LogP contribution in [0.4, 0.5) is 0 Å². The molecule has 0 spiro atoms. The zero-order valence-corrected chi connectivity index (χ0v) is 6.59. The smallest absolute Gasteiger partial charge is 0.0533 e. The summed E-state index contributed by atoms with van der Waals surface area (Å²) in [4.78, 5) is 0. The van der Waals surface area contributed by atoms with Crippen molar-refractivity contribution in [2.45, 2.75) is 19.8 Å². The summed E-state index contributed by atoms with van der Waals surface area (Å²) >= 11 is 0. The van der Waals surface area contributed by atoms with Crippen LogP contribution in [0.3, 0.4) is 0 Å². The van der Waals surface area contributed by atoms with E-state index in [9.17, 15) is 0 Å². The minimum absolute atomic E-state index is 1.07. The van der Waals surface area contributed by atoms with Gasteiger partial charge in [-0.05, 0) is 0 Å². The SMILES string of the molecule is [CH2]CCC.c1ccccc1. The molecular formula is C10H15. The first-order valence-electron chi connectivity index (χ1n) is 3.71. The van der Waals surface area contributed by atoms with Gasteiger partial charge in [-0.15, -0.1) is 0 Å². The van der Waals surface area contributed by atoms with E-state index in [1.165, 1.54) is 6.42 Å². The fraction of sp³-hybridized carbons (Fsp3) is 0.300. The maximum atomic E-state index is 3.60. The average molecular weight is 135 g/mol. The minimum Gasteiger partial charge on any atom is -0.0654 e. The van der Waals surface area contributed by atoms with Gasteiger partial charge in [0.2, 0.25) is 0 Å². The molecule has 0 fully saturated rings. The van der Waals surface area contributed by atoms with Crippen LogP contribution in [0.2, 0.25) is 0 Å². The van der Waals surface area contributed by atoms with Crippen LogP contribution in [0.25, 0.3) is 0 Å². The molecular weight excluding hydrogens is 120 g/mol. The topological polar surface area (TPSA) is 0 Å². The molecule has 0 aliphatic heterocycles. The molecule has 0 atom stereocenters. The normalized spacial score (nSPS) is 7.80. The van der Waals surface area contributed by atoms with Gasteiger partial charge < -0.3 is 0 Å². The van der Waals surface area contributed by atoms with E-state index in [1.807, 2.05) is 36.4 Å². The van der Waals surface area contributed by atoms with E-state index in [0.717, 1.165) is 6.42 Å². The van der Waals surface area contributed by atoms with Crippen molar-refractivity contribution in [2.75, 3.05) is 0 Å². The minimum atomic E-state index is 1.07. The Morgan fingerprint density at radius 3 is 1.20 bits per heavy atom. The summed E-state index contributed by atoms with van der Waals surface area (Å²) in [6.07, 6.45) is 2.28. The first-order chi connectivity index (χ1) is 4.91. The molecule has 10 heavy (non-hydrogen) atoms. The summed E-state index contributed by atoms with van der Waals surface area (Å²) in [6.45, 7) is 5.72. The van der Waals surface area contributed by atoms with Crippen molar-refractivity contribution in [3.63, 3.8) is 0 Å². The van der Waals surface area contributed by atoms with Gasteiger partial charge in [0.15, 0.2) is 0 Å². The Morgan fingerprint density at radius 2 is 1.10 bits per heavy atom. The molecule has 0 unspecified atom stereocenters. The van der Waals surface area contributed by atoms with Crippen molar-refractivity contribution in [1.29, 1.82) is 0 Å². The van der Waals surface area contributed by atoms with Crippen LogP contribution in [-0.2, 0) is 0 Å². The number of benzene rings is 1. The van der Waals surface area contributed by atoms with Crippen LogP contribution >= 0.6 is 0 Å². The Balaban J connectivity index is 0.000000180. The molecule has 0 heterocycles. The lowest BCUT2D eigenvalue weighted by Gasteiger charge is -1.69. The zero-order chi connectivity index (χ0) is 7.66. The number of unbranched alkanes of at least 4 members (excludes halogenated alkanes) is 1. The molecule has 0 aliphatic carbocycles. The fourth-order valence-electron chi connectivity index (χ4n) is 0.385. The quantitative estimate of drug-likeness (QED) is 0.554. The zero-order valence-electron chi connectivity index (χ0n) is 6.59. The van der Waals surface area contributed by atoms with E-state index in [0.29, 0.717) is 0 Å². The molecule has 1 rings (SSSR count). The van der Waals surface area contributed by atoms with Gasteiger partial charge in [-0.1, -0.05) is 63.1 Å². The number of hydrogen-bond donors (Lipinski definition) is 0. The van der Waals surface area contributed by atoms with E-state index >= 15 is 0 Å². The van der Waals surface area contributed by atoms with Gasteiger partial charge in [-0.25, -0.2) is 0 Å². The lowest BCUT2D eigenvalue weighted by atomic mass is 10.4. The predicted octanol–water partition coefficient (Wildman–Crippen LogP) is 3.31. The van der Waals surface area contributed by atoms with Crippen molar-refractivity contribution in [3.05, 3.63) is 43.3 Å². The molecule has 0 heteroatoms. The molecule has 0 bridgehead atoms. The molecule has 0 saturated heterocycles. The summed E-state index contributed by atoms with van der Waals surface area (Å²) in [7, 11) is 0. The van der Waals surface area contributed by atoms with Gasteiger partial charge in [-0.2, -0.15) is 0 Å².